The molecule has 4 heteroatoms. The summed E-state index contributed by atoms with van der Waals surface area (Å²) >= 11 is 0. The van der Waals surface area contributed by atoms with E-state index in [4.69, 9.17) is 5.73 Å². The fourth-order valence-electron chi connectivity index (χ4n) is 2.30. The number of hydrogen-bond donors (Lipinski definition) is 2. The first-order chi connectivity index (χ1) is 7.68. The highest BCUT2D eigenvalue weighted by Gasteiger charge is 2.16. The van der Waals surface area contributed by atoms with E-state index in [1.165, 1.54) is 25.9 Å². The molecule has 1 unspecified atom stereocenters. The topological polar surface area (TPSA) is 58.4 Å². The lowest BCUT2D eigenvalue weighted by atomic mass is 9.98. The molecular formula is C12H25N3O. The minimum Gasteiger partial charge on any atom is -0.370 e. The number of nitrogens with one attached hydrogen (secondary N) is 1. The van der Waals surface area contributed by atoms with Crippen molar-refractivity contribution < 1.29 is 4.79 Å². The van der Waals surface area contributed by atoms with Gasteiger partial charge < -0.3 is 16.0 Å². The molecule has 0 radical (unpaired) electrons. The third-order valence-corrected chi connectivity index (χ3v) is 3.18. The summed E-state index contributed by atoms with van der Waals surface area (Å²) in [6.45, 7) is 4.58. The number of carbonyl (C=O) groups is 1. The number of hydrogen-bond acceptors (Lipinski definition) is 3. The molecule has 1 aliphatic rings. The molecule has 0 spiro atoms. The first-order valence-electron chi connectivity index (χ1n) is 6.36. The van der Waals surface area contributed by atoms with E-state index in [0.29, 0.717) is 6.42 Å². The van der Waals surface area contributed by atoms with Gasteiger partial charge in [0.1, 0.15) is 0 Å². The van der Waals surface area contributed by atoms with Crippen molar-refractivity contribution in [2.75, 3.05) is 33.2 Å². The summed E-state index contributed by atoms with van der Waals surface area (Å²) in [5.74, 6) is 0.615. The highest BCUT2D eigenvalue weighted by Crippen LogP contribution is 2.13. The smallest absolute Gasteiger partial charge is 0.217 e. The van der Waals surface area contributed by atoms with Crippen LogP contribution in [0.4, 0.5) is 0 Å². The summed E-state index contributed by atoms with van der Waals surface area (Å²) in [5.41, 5.74) is 5.07. The molecule has 0 aromatic heterocycles. The van der Waals surface area contributed by atoms with E-state index >= 15 is 0 Å². The molecule has 1 fully saturated rings. The van der Waals surface area contributed by atoms with Gasteiger partial charge >= 0.3 is 0 Å². The van der Waals surface area contributed by atoms with Crippen LogP contribution in [0.25, 0.3) is 0 Å². The number of nitrogens with two attached hydrogens (primary N) is 1. The summed E-state index contributed by atoms with van der Waals surface area (Å²) in [4.78, 5) is 12.9. The molecule has 0 bridgehead atoms. The van der Waals surface area contributed by atoms with Crippen LogP contribution < -0.4 is 11.1 Å². The van der Waals surface area contributed by atoms with E-state index in [2.05, 4.69) is 17.3 Å². The minimum atomic E-state index is -0.186. The second-order valence-corrected chi connectivity index (χ2v) is 4.90. The van der Waals surface area contributed by atoms with Crippen LogP contribution >= 0.6 is 0 Å². The molecule has 94 valence electrons. The van der Waals surface area contributed by atoms with Gasteiger partial charge in [-0.1, -0.05) is 0 Å². The molecule has 1 atom stereocenters. The SMILES string of the molecule is CN1CCCC(CNCCCCC(N)=O)C1. The van der Waals surface area contributed by atoms with Crippen molar-refractivity contribution in [3.05, 3.63) is 0 Å². The van der Waals surface area contributed by atoms with Gasteiger partial charge in [0.15, 0.2) is 0 Å². The Labute approximate surface area is 98.6 Å². The number of primary amides is 1. The lowest BCUT2D eigenvalue weighted by Crippen LogP contribution is -2.37. The normalized spacial score (nSPS) is 22.2. The Bertz CT molecular complexity index is 208. The van der Waals surface area contributed by atoms with Crippen LogP contribution in [0.1, 0.15) is 32.1 Å². The number of amides is 1. The van der Waals surface area contributed by atoms with E-state index in [1.54, 1.807) is 0 Å². The van der Waals surface area contributed by atoms with Gasteiger partial charge in [-0.3, -0.25) is 4.79 Å². The number of carbonyl (C=O) groups excluding carboxylic acids is 1. The lowest BCUT2D eigenvalue weighted by Gasteiger charge is -2.29. The average molecular weight is 227 g/mol. The van der Waals surface area contributed by atoms with Gasteiger partial charge in [-0.25, -0.2) is 0 Å². The second kappa shape index (κ2) is 7.63. The maximum Gasteiger partial charge on any atom is 0.217 e. The summed E-state index contributed by atoms with van der Waals surface area (Å²) in [5, 5.41) is 3.47. The zero-order valence-corrected chi connectivity index (χ0v) is 10.4. The molecular weight excluding hydrogens is 202 g/mol. The van der Waals surface area contributed by atoms with Gasteiger partial charge in [-0.2, -0.15) is 0 Å². The van der Waals surface area contributed by atoms with Crippen molar-refractivity contribution in [1.29, 1.82) is 0 Å². The van der Waals surface area contributed by atoms with Crippen LogP contribution in [-0.2, 0) is 4.79 Å². The summed E-state index contributed by atoms with van der Waals surface area (Å²) < 4.78 is 0. The monoisotopic (exact) mass is 227 g/mol. The van der Waals surface area contributed by atoms with Crippen molar-refractivity contribution in [2.24, 2.45) is 11.7 Å². The number of likely N-dealkylation sites (tertiary alicyclic amines) is 1. The van der Waals surface area contributed by atoms with E-state index < -0.39 is 0 Å². The summed E-state index contributed by atoms with van der Waals surface area (Å²) in [7, 11) is 2.19. The molecule has 1 aliphatic heterocycles. The molecule has 3 N–H and O–H groups in total. The molecule has 1 rings (SSSR count). The van der Waals surface area contributed by atoms with Crippen LogP contribution in [0, 0.1) is 5.92 Å². The maximum absolute atomic E-state index is 10.5. The van der Waals surface area contributed by atoms with Gasteiger partial charge in [0, 0.05) is 13.0 Å². The molecule has 0 aliphatic carbocycles. The van der Waals surface area contributed by atoms with Gasteiger partial charge in [0.2, 0.25) is 5.91 Å². The van der Waals surface area contributed by atoms with Crippen LogP contribution in [-0.4, -0.2) is 44.0 Å². The Morgan fingerprint density at radius 1 is 1.50 bits per heavy atom. The second-order valence-electron chi connectivity index (χ2n) is 4.90. The Hall–Kier alpha value is -0.610. The van der Waals surface area contributed by atoms with E-state index in [0.717, 1.165) is 31.8 Å². The Kier molecular flexibility index (Phi) is 6.42. The first kappa shape index (κ1) is 13.5. The van der Waals surface area contributed by atoms with E-state index in [-0.39, 0.29) is 5.91 Å². The molecule has 16 heavy (non-hydrogen) atoms. The predicted molar refractivity (Wildman–Crippen MR) is 66.1 cm³/mol. The number of piperidine rings is 1. The predicted octanol–water partition coefficient (Wildman–Crippen LogP) is 0.573. The Morgan fingerprint density at radius 3 is 3.00 bits per heavy atom. The van der Waals surface area contributed by atoms with Crippen molar-refractivity contribution in [2.45, 2.75) is 32.1 Å². The molecule has 0 aromatic carbocycles. The number of nitrogens with zero attached hydrogens (tertiary/aromatic N) is 1. The molecule has 1 heterocycles. The first-order valence-corrected chi connectivity index (χ1v) is 6.36. The van der Waals surface area contributed by atoms with Gasteiger partial charge in [-0.15, -0.1) is 0 Å². The van der Waals surface area contributed by atoms with Crippen LogP contribution in [0.5, 0.6) is 0 Å². The third-order valence-electron chi connectivity index (χ3n) is 3.18. The van der Waals surface area contributed by atoms with Crippen LogP contribution in [0.2, 0.25) is 0 Å². The standard InChI is InChI=1S/C12H25N3O/c1-15-8-4-5-11(10-15)9-14-7-3-2-6-12(13)16/h11,14H,2-10H2,1H3,(H2,13,16). The minimum absolute atomic E-state index is 0.186. The van der Waals surface area contributed by atoms with Gasteiger partial charge in [-0.05, 0) is 58.3 Å². The van der Waals surface area contributed by atoms with Crippen molar-refractivity contribution in [1.82, 2.24) is 10.2 Å². The zero-order valence-electron chi connectivity index (χ0n) is 10.4. The van der Waals surface area contributed by atoms with Gasteiger partial charge in [0.05, 0.1) is 0 Å². The number of unbranched alkanes of at least 4 members (excludes halogenated alkanes) is 1. The highest BCUT2D eigenvalue weighted by atomic mass is 16.1. The third kappa shape index (κ3) is 6.08. The van der Waals surface area contributed by atoms with Crippen molar-refractivity contribution in [3.63, 3.8) is 0 Å². The fourth-order valence-corrected chi connectivity index (χ4v) is 2.30. The van der Waals surface area contributed by atoms with E-state index in [1.807, 2.05) is 0 Å². The van der Waals surface area contributed by atoms with Crippen molar-refractivity contribution in [3.8, 4) is 0 Å². The molecule has 1 saturated heterocycles. The lowest BCUT2D eigenvalue weighted by molar-refractivity contribution is -0.118. The average Bonchev–Trinajstić information content (AvgIpc) is 2.23. The quantitative estimate of drug-likeness (QED) is 0.625. The van der Waals surface area contributed by atoms with Gasteiger partial charge in [0.25, 0.3) is 0 Å². The fraction of sp³-hybridized carbons (Fsp3) is 0.917. The molecule has 4 nitrogen and oxygen atoms in total. The van der Waals surface area contributed by atoms with Crippen LogP contribution in [0.3, 0.4) is 0 Å². The van der Waals surface area contributed by atoms with E-state index in [9.17, 15) is 4.79 Å². The molecule has 0 saturated carbocycles. The molecule has 1 amide bonds. The maximum atomic E-state index is 10.5. The summed E-state index contributed by atoms with van der Waals surface area (Å²) in [6, 6.07) is 0. The highest BCUT2D eigenvalue weighted by molar-refractivity contribution is 5.73. The van der Waals surface area contributed by atoms with Crippen LogP contribution in [0.15, 0.2) is 0 Å². The van der Waals surface area contributed by atoms with Crippen molar-refractivity contribution >= 4 is 5.91 Å². The Balaban J connectivity index is 1.92. The number of rotatable bonds is 7. The molecule has 0 aromatic rings. The summed E-state index contributed by atoms with van der Waals surface area (Å²) in [6.07, 6.45) is 5.15. The Morgan fingerprint density at radius 2 is 2.31 bits per heavy atom. The largest absolute Gasteiger partial charge is 0.370 e. The zero-order chi connectivity index (χ0) is 11.8.